The molecule has 1 fully saturated rings. The maximum absolute atomic E-state index is 12.9. The molecule has 0 aliphatic carbocycles. The van der Waals surface area contributed by atoms with Gasteiger partial charge in [0.15, 0.2) is 6.61 Å². The molecule has 0 saturated carbocycles. The Hall–Kier alpha value is -3.53. The summed E-state index contributed by atoms with van der Waals surface area (Å²) in [6.07, 6.45) is 2.38. The van der Waals surface area contributed by atoms with Gasteiger partial charge in [0.2, 0.25) is 11.8 Å². The van der Waals surface area contributed by atoms with Crippen LogP contribution in [-0.4, -0.2) is 59.9 Å². The van der Waals surface area contributed by atoms with Gasteiger partial charge < -0.3 is 20.7 Å². The predicted molar refractivity (Wildman–Crippen MR) is 126 cm³/mol. The maximum atomic E-state index is 12.9. The smallest absolute Gasteiger partial charge is 0.324 e. The minimum atomic E-state index is -0.737. The van der Waals surface area contributed by atoms with E-state index in [1.165, 1.54) is 0 Å². The van der Waals surface area contributed by atoms with Gasteiger partial charge in [-0.25, -0.2) is 4.79 Å². The zero-order chi connectivity index (χ0) is 23.6. The number of ether oxygens (including phenoxy) is 1. The number of carbonyl (C=O) groups is 4. The van der Waals surface area contributed by atoms with Crippen LogP contribution >= 0.6 is 11.8 Å². The molecule has 9 nitrogen and oxygen atoms in total. The van der Waals surface area contributed by atoms with E-state index in [2.05, 4.69) is 16.0 Å². The number of benzene rings is 2. The molecule has 10 heteroatoms. The lowest BCUT2D eigenvalue weighted by Gasteiger charge is -2.19. The van der Waals surface area contributed by atoms with Gasteiger partial charge in [-0.2, -0.15) is 11.8 Å². The number of para-hydroxylation sites is 1. The summed E-state index contributed by atoms with van der Waals surface area (Å²) in [4.78, 5) is 49.9. The summed E-state index contributed by atoms with van der Waals surface area (Å²) < 4.78 is 5.45. The number of amides is 5. The lowest BCUT2D eigenvalue weighted by atomic mass is 10.1. The molecule has 2 aromatic carbocycles. The van der Waals surface area contributed by atoms with Gasteiger partial charge >= 0.3 is 6.03 Å². The molecule has 5 amide bonds. The van der Waals surface area contributed by atoms with Gasteiger partial charge in [0, 0.05) is 5.69 Å². The highest BCUT2D eigenvalue weighted by atomic mass is 32.2. The van der Waals surface area contributed by atoms with Crippen LogP contribution in [0.25, 0.3) is 0 Å². The second-order valence-corrected chi connectivity index (χ2v) is 8.32. The number of nitrogens with zero attached hydrogens (tertiary/aromatic N) is 1. The molecule has 0 spiro atoms. The number of hydrogen-bond acceptors (Lipinski definition) is 6. The fourth-order valence-electron chi connectivity index (χ4n) is 3.18. The maximum Gasteiger partial charge on any atom is 0.324 e. The van der Waals surface area contributed by atoms with Crippen LogP contribution in [0.3, 0.4) is 0 Å². The molecule has 1 unspecified atom stereocenters. The molecule has 0 bridgehead atoms. The summed E-state index contributed by atoms with van der Waals surface area (Å²) in [6.45, 7) is -0.105. The van der Waals surface area contributed by atoms with Crippen LogP contribution in [0.2, 0.25) is 0 Å². The first kappa shape index (κ1) is 24.1. The molecular weight excluding hydrogens is 444 g/mol. The monoisotopic (exact) mass is 470 g/mol. The number of urea groups is 1. The average Bonchev–Trinajstić information content (AvgIpc) is 3.13. The molecule has 1 saturated heterocycles. The Balaban J connectivity index is 1.59. The van der Waals surface area contributed by atoms with Gasteiger partial charge in [-0.1, -0.05) is 30.3 Å². The van der Waals surface area contributed by atoms with Gasteiger partial charge in [-0.3, -0.25) is 19.3 Å². The van der Waals surface area contributed by atoms with E-state index in [0.29, 0.717) is 29.2 Å². The number of carbonyl (C=O) groups excluding carboxylic acids is 4. The lowest BCUT2D eigenvalue weighted by molar-refractivity contribution is -0.127. The van der Waals surface area contributed by atoms with E-state index in [9.17, 15) is 19.2 Å². The zero-order valence-corrected chi connectivity index (χ0v) is 19.0. The van der Waals surface area contributed by atoms with Crippen molar-refractivity contribution in [1.82, 2.24) is 15.5 Å². The van der Waals surface area contributed by atoms with E-state index in [1.807, 2.05) is 24.5 Å². The van der Waals surface area contributed by atoms with Crippen LogP contribution in [0.15, 0.2) is 54.6 Å². The van der Waals surface area contributed by atoms with Gasteiger partial charge in [-0.15, -0.1) is 0 Å². The van der Waals surface area contributed by atoms with Crippen molar-refractivity contribution in [3.8, 4) is 5.75 Å². The highest BCUT2D eigenvalue weighted by molar-refractivity contribution is 7.98. The van der Waals surface area contributed by atoms with E-state index in [0.717, 1.165) is 4.90 Å². The second kappa shape index (κ2) is 11.9. The molecule has 1 aliphatic heterocycles. The van der Waals surface area contributed by atoms with Crippen LogP contribution in [0, 0.1) is 0 Å². The van der Waals surface area contributed by atoms with Crippen molar-refractivity contribution in [2.75, 3.05) is 30.5 Å². The van der Waals surface area contributed by atoms with Gasteiger partial charge in [-0.05, 0) is 48.3 Å². The van der Waals surface area contributed by atoms with Crippen molar-refractivity contribution in [3.63, 3.8) is 0 Å². The van der Waals surface area contributed by atoms with Crippen LogP contribution in [0.1, 0.15) is 12.0 Å². The van der Waals surface area contributed by atoms with E-state index >= 15 is 0 Å². The third-order valence-electron chi connectivity index (χ3n) is 4.85. The molecule has 33 heavy (non-hydrogen) atoms. The Morgan fingerprint density at radius 3 is 2.64 bits per heavy atom. The Morgan fingerprint density at radius 2 is 1.94 bits per heavy atom. The highest BCUT2D eigenvalue weighted by Gasteiger charge is 2.28. The van der Waals surface area contributed by atoms with Gasteiger partial charge in [0.25, 0.3) is 5.91 Å². The number of anilines is 1. The molecule has 174 valence electrons. The zero-order valence-electron chi connectivity index (χ0n) is 18.2. The van der Waals surface area contributed by atoms with Crippen LogP contribution in [0.4, 0.5) is 10.5 Å². The summed E-state index contributed by atoms with van der Waals surface area (Å²) in [5, 5.41) is 8.02. The third kappa shape index (κ3) is 7.25. The highest BCUT2D eigenvalue weighted by Crippen LogP contribution is 2.15. The molecule has 3 rings (SSSR count). The third-order valence-corrected chi connectivity index (χ3v) is 5.49. The average molecular weight is 471 g/mol. The van der Waals surface area contributed by atoms with Crippen molar-refractivity contribution in [3.05, 3.63) is 60.2 Å². The Morgan fingerprint density at radius 1 is 1.15 bits per heavy atom. The molecular formula is C23H26N4O5S. The SMILES string of the molecule is CSCCC(NC(=O)COc1ccccc1)C(=O)Nc1cccc(CN2C(=O)CNC2=O)c1. The number of rotatable bonds is 11. The van der Waals surface area contributed by atoms with E-state index < -0.39 is 18.0 Å². The molecule has 3 N–H and O–H groups in total. The molecule has 0 radical (unpaired) electrons. The molecule has 2 aromatic rings. The summed E-state index contributed by atoms with van der Waals surface area (Å²) in [6, 6.07) is 14.7. The first-order valence-electron chi connectivity index (χ1n) is 10.4. The van der Waals surface area contributed by atoms with Crippen molar-refractivity contribution < 1.29 is 23.9 Å². The Kier molecular flexibility index (Phi) is 8.71. The number of thioether (sulfide) groups is 1. The summed E-state index contributed by atoms with van der Waals surface area (Å²) in [5.41, 5.74) is 1.20. The fourth-order valence-corrected chi connectivity index (χ4v) is 3.65. The first-order chi connectivity index (χ1) is 16.0. The van der Waals surface area contributed by atoms with E-state index in [-0.39, 0.29) is 31.5 Å². The van der Waals surface area contributed by atoms with Crippen molar-refractivity contribution in [2.24, 2.45) is 0 Å². The minimum absolute atomic E-state index is 0.0138. The van der Waals surface area contributed by atoms with Crippen molar-refractivity contribution >= 4 is 41.2 Å². The normalized spacial score (nSPS) is 13.9. The van der Waals surface area contributed by atoms with Gasteiger partial charge in [0.05, 0.1) is 13.1 Å². The molecule has 0 aromatic heterocycles. The summed E-state index contributed by atoms with van der Waals surface area (Å²) in [7, 11) is 0. The van der Waals surface area contributed by atoms with Crippen molar-refractivity contribution in [2.45, 2.75) is 19.0 Å². The summed E-state index contributed by atoms with van der Waals surface area (Å²) >= 11 is 1.57. The Labute approximate surface area is 196 Å². The quantitative estimate of drug-likeness (QED) is 0.433. The van der Waals surface area contributed by atoms with Crippen molar-refractivity contribution in [1.29, 1.82) is 0 Å². The van der Waals surface area contributed by atoms with Crippen LogP contribution in [0.5, 0.6) is 5.75 Å². The molecule has 1 atom stereocenters. The summed E-state index contributed by atoms with van der Waals surface area (Å²) in [5.74, 6) is 0.202. The standard InChI is InChI=1S/C23H26N4O5S/c1-33-11-10-19(26-20(28)15-32-18-8-3-2-4-9-18)22(30)25-17-7-5-6-16(12-17)14-27-21(29)13-24-23(27)31/h2-9,12,19H,10-11,13-15H2,1H3,(H,24,31)(H,25,30)(H,26,28). The second-order valence-electron chi connectivity index (χ2n) is 7.33. The molecule has 1 aliphatic rings. The van der Waals surface area contributed by atoms with Crippen LogP contribution < -0.4 is 20.7 Å². The van der Waals surface area contributed by atoms with E-state index in [1.54, 1.807) is 48.2 Å². The number of hydrogen-bond donors (Lipinski definition) is 3. The predicted octanol–water partition coefficient (Wildman–Crippen LogP) is 1.99. The van der Waals surface area contributed by atoms with E-state index in [4.69, 9.17) is 4.74 Å². The van der Waals surface area contributed by atoms with Crippen LogP contribution in [-0.2, 0) is 20.9 Å². The largest absolute Gasteiger partial charge is 0.484 e. The molecule has 1 heterocycles. The number of nitrogens with one attached hydrogen (secondary N) is 3. The van der Waals surface area contributed by atoms with Gasteiger partial charge in [0.1, 0.15) is 11.8 Å². The number of imide groups is 1. The first-order valence-corrected chi connectivity index (χ1v) is 11.8. The Bertz CT molecular complexity index is 985. The topological polar surface area (TPSA) is 117 Å². The minimum Gasteiger partial charge on any atom is -0.484 e. The fraction of sp³-hybridized carbons (Fsp3) is 0.304. The lowest BCUT2D eigenvalue weighted by Crippen LogP contribution is -2.45.